The molecule has 0 saturated carbocycles. The molecule has 0 bridgehead atoms. The molecule has 77 heavy (non-hydrogen) atoms. The number of allylic oxidation sites excluding steroid dienone is 8. The molecule has 11 heteroatoms. The summed E-state index contributed by atoms with van der Waals surface area (Å²) in [7, 11) is 0. The Labute approximate surface area is 472 Å². The highest BCUT2D eigenvalue weighted by Crippen LogP contribution is 2.23. The number of hydrogen-bond acceptors (Lipinski definition) is 10. The van der Waals surface area contributed by atoms with E-state index in [2.05, 4.69) is 67.8 Å². The van der Waals surface area contributed by atoms with Crippen molar-refractivity contribution in [1.82, 2.24) is 5.32 Å². The Hall–Kier alpha value is -1.93. The van der Waals surface area contributed by atoms with Crippen LogP contribution in [-0.2, 0) is 14.3 Å². The Balaban J connectivity index is 2.15. The van der Waals surface area contributed by atoms with E-state index in [-0.39, 0.29) is 12.8 Å². The van der Waals surface area contributed by atoms with Crippen LogP contribution in [0.25, 0.3) is 0 Å². The second-order valence-corrected chi connectivity index (χ2v) is 22.8. The second kappa shape index (κ2) is 54.6. The number of aliphatic hydroxyl groups excluding tert-OH is 7. The summed E-state index contributed by atoms with van der Waals surface area (Å²) in [5.74, 6) is -0.711. The van der Waals surface area contributed by atoms with Crippen LogP contribution in [-0.4, -0.2) is 110 Å². The van der Waals surface area contributed by atoms with Crippen molar-refractivity contribution in [2.75, 3.05) is 13.2 Å². The number of ether oxygens (including phenoxy) is 2. The monoisotopic (exact) mass is 1090 g/mol. The molecule has 0 aromatic rings. The lowest BCUT2D eigenvalue weighted by atomic mass is 9.98. The molecule has 1 saturated heterocycles. The maximum Gasteiger partial charge on any atom is 0.249 e. The molecule has 0 aromatic heterocycles. The Morgan fingerprint density at radius 2 is 0.805 bits per heavy atom. The molecular weight excluding hydrogens is 967 g/mol. The van der Waals surface area contributed by atoms with Crippen LogP contribution in [0, 0.1) is 0 Å². The first-order valence-corrected chi connectivity index (χ1v) is 32.5. The van der Waals surface area contributed by atoms with E-state index in [0.29, 0.717) is 19.3 Å². The first kappa shape index (κ1) is 73.1. The third-order valence-corrected chi connectivity index (χ3v) is 15.5. The van der Waals surface area contributed by atoms with Crippen molar-refractivity contribution in [1.29, 1.82) is 0 Å². The fraction of sp³-hybridized carbons (Fsp3) is 0.864. The zero-order valence-corrected chi connectivity index (χ0v) is 49.7. The van der Waals surface area contributed by atoms with Gasteiger partial charge in [0.25, 0.3) is 0 Å². The molecule has 1 fully saturated rings. The molecule has 0 spiro atoms. The number of amides is 1. The minimum Gasteiger partial charge on any atom is -0.394 e. The van der Waals surface area contributed by atoms with Gasteiger partial charge in [0.1, 0.15) is 36.6 Å². The minimum atomic E-state index is -1.67. The fourth-order valence-corrected chi connectivity index (χ4v) is 10.3. The molecule has 1 aliphatic heterocycles. The van der Waals surface area contributed by atoms with Gasteiger partial charge in [-0.05, 0) is 83.5 Å². The zero-order chi connectivity index (χ0) is 56.1. The topological polar surface area (TPSA) is 189 Å². The van der Waals surface area contributed by atoms with Crippen molar-refractivity contribution in [3.8, 4) is 0 Å². The van der Waals surface area contributed by atoms with Gasteiger partial charge in [-0.3, -0.25) is 4.79 Å². The Morgan fingerprint density at radius 1 is 0.442 bits per heavy atom. The van der Waals surface area contributed by atoms with Gasteiger partial charge in [0.15, 0.2) is 6.29 Å². The van der Waals surface area contributed by atoms with Crippen LogP contribution in [0.3, 0.4) is 0 Å². The van der Waals surface area contributed by atoms with Gasteiger partial charge in [-0.2, -0.15) is 0 Å². The SMILES string of the molecule is CCC/C=C/CC/C=C/CC/C=C/CCCC(O)C(O)C(COC1OC(CO)C(O)C(O)C1O)NC(=O)C(O)CCCCCCCCCCCCCCCCCC/C=C\CCCCCCCCCCCCCCCCCC. The first-order valence-electron chi connectivity index (χ1n) is 32.5. The summed E-state index contributed by atoms with van der Waals surface area (Å²) >= 11 is 0. The standard InChI is InChI=1S/C66H123NO10/c1-3-5-7-9-11-13-15-17-19-20-21-22-23-24-25-26-27-28-29-30-31-32-33-34-35-36-37-38-39-40-42-44-46-48-50-52-54-59(70)65(75)67-57(56-76-66-64(74)63(73)62(72)60(55-68)77-66)61(71)58(69)53-51-49-47-45-43-41-18-16-14-12-10-8-6-4-2/h8,10,16,18,28-29,45,47,57-64,66,68-74H,3-7,9,11-15,17,19-27,30-44,46,48-56H2,1-2H3,(H,67,75)/b10-8+,18-16+,29-28-,47-45+. The Morgan fingerprint density at radius 3 is 1.21 bits per heavy atom. The van der Waals surface area contributed by atoms with E-state index in [9.17, 15) is 40.5 Å². The molecule has 8 N–H and O–H groups in total. The number of carbonyl (C=O) groups is 1. The molecule has 0 aliphatic carbocycles. The Kier molecular flexibility index (Phi) is 51.9. The zero-order valence-electron chi connectivity index (χ0n) is 49.7. The molecular formula is C66H123NO10. The molecule has 11 nitrogen and oxygen atoms in total. The molecule has 1 aliphatic rings. The summed E-state index contributed by atoms with van der Waals surface area (Å²) in [5, 5.41) is 76.1. The quantitative estimate of drug-likeness (QED) is 0.0215. The predicted molar refractivity (Wildman–Crippen MR) is 321 cm³/mol. The van der Waals surface area contributed by atoms with E-state index in [1.807, 2.05) is 0 Å². The number of carbonyl (C=O) groups excluding carboxylic acids is 1. The molecule has 1 amide bonds. The van der Waals surface area contributed by atoms with Gasteiger partial charge >= 0.3 is 0 Å². The summed E-state index contributed by atoms with van der Waals surface area (Å²) in [4.78, 5) is 13.2. The Bertz CT molecular complexity index is 1390. The highest BCUT2D eigenvalue weighted by atomic mass is 16.7. The molecule has 9 atom stereocenters. The third kappa shape index (κ3) is 42.6. The lowest BCUT2D eigenvalue weighted by Gasteiger charge is -2.40. The van der Waals surface area contributed by atoms with E-state index in [0.717, 1.165) is 51.4 Å². The summed E-state index contributed by atoms with van der Waals surface area (Å²) in [6, 6.07) is -1.19. The number of aliphatic hydroxyl groups is 7. The van der Waals surface area contributed by atoms with Crippen molar-refractivity contribution in [2.24, 2.45) is 0 Å². The number of rotatable bonds is 56. The summed E-state index contributed by atoms with van der Waals surface area (Å²) in [5.41, 5.74) is 0. The fourth-order valence-electron chi connectivity index (χ4n) is 10.3. The molecule has 1 rings (SSSR count). The van der Waals surface area contributed by atoms with E-state index >= 15 is 0 Å². The molecule has 1 heterocycles. The van der Waals surface area contributed by atoms with Gasteiger partial charge in [0.05, 0.1) is 25.4 Å². The van der Waals surface area contributed by atoms with Gasteiger partial charge < -0.3 is 50.5 Å². The van der Waals surface area contributed by atoms with E-state index in [4.69, 9.17) is 9.47 Å². The highest BCUT2D eigenvalue weighted by Gasteiger charge is 2.44. The second-order valence-electron chi connectivity index (χ2n) is 22.8. The van der Waals surface area contributed by atoms with Crippen LogP contribution in [0.4, 0.5) is 0 Å². The lowest BCUT2D eigenvalue weighted by molar-refractivity contribution is -0.303. The van der Waals surface area contributed by atoms with E-state index < -0.39 is 74.2 Å². The largest absolute Gasteiger partial charge is 0.394 e. The number of unbranched alkanes of at least 4 members (excludes halogenated alkanes) is 36. The van der Waals surface area contributed by atoms with Crippen LogP contribution in [0.2, 0.25) is 0 Å². The molecule has 0 radical (unpaired) electrons. The van der Waals surface area contributed by atoms with Crippen LogP contribution < -0.4 is 5.32 Å². The van der Waals surface area contributed by atoms with Gasteiger partial charge in [-0.25, -0.2) is 0 Å². The lowest BCUT2D eigenvalue weighted by Crippen LogP contribution is -2.60. The van der Waals surface area contributed by atoms with Gasteiger partial charge in [-0.1, -0.05) is 262 Å². The minimum absolute atomic E-state index is 0.240. The molecule has 0 aromatic carbocycles. The first-order chi connectivity index (χ1) is 37.7. The van der Waals surface area contributed by atoms with Crippen molar-refractivity contribution in [2.45, 2.75) is 351 Å². The maximum atomic E-state index is 13.2. The number of hydrogen-bond donors (Lipinski definition) is 8. The van der Waals surface area contributed by atoms with Crippen molar-refractivity contribution >= 4 is 5.91 Å². The normalized spacial score (nSPS) is 19.8. The van der Waals surface area contributed by atoms with E-state index in [1.165, 1.54) is 199 Å². The number of nitrogens with one attached hydrogen (secondary N) is 1. The highest BCUT2D eigenvalue weighted by molar-refractivity contribution is 5.80. The average molecular weight is 1090 g/mol. The van der Waals surface area contributed by atoms with Gasteiger partial charge in [0, 0.05) is 0 Å². The van der Waals surface area contributed by atoms with Crippen molar-refractivity contribution in [3.63, 3.8) is 0 Å². The van der Waals surface area contributed by atoms with Crippen LogP contribution in [0.15, 0.2) is 48.6 Å². The average Bonchev–Trinajstić information content (AvgIpc) is 3.43. The van der Waals surface area contributed by atoms with E-state index in [1.54, 1.807) is 0 Å². The third-order valence-electron chi connectivity index (χ3n) is 15.5. The molecule has 9 unspecified atom stereocenters. The van der Waals surface area contributed by atoms with Crippen molar-refractivity contribution in [3.05, 3.63) is 48.6 Å². The summed E-state index contributed by atoms with van der Waals surface area (Å²) in [6.07, 6.45) is 59.3. The molecule has 452 valence electrons. The van der Waals surface area contributed by atoms with Crippen molar-refractivity contribution < 1.29 is 50.0 Å². The van der Waals surface area contributed by atoms with Gasteiger partial charge in [-0.15, -0.1) is 0 Å². The summed E-state index contributed by atoms with van der Waals surface area (Å²) in [6.45, 7) is 3.39. The van der Waals surface area contributed by atoms with Crippen LogP contribution >= 0.6 is 0 Å². The van der Waals surface area contributed by atoms with Gasteiger partial charge in [0.2, 0.25) is 5.91 Å². The maximum absolute atomic E-state index is 13.2. The van der Waals surface area contributed by atoms with Crippen LogP contribution in [0.1, 0.15) is 296 Å². The predicted octanol–water partition coefficient (Wildman–Crippen LogP) is 14.8. The summed E-state index contributed by atoms with van der Waals surface area (Å²) < 4.78 is 11.1. The smallest absolute Gasteiger partial charge is 0.249 e. The van der Waals surface area contributed by atoms with Crippen LogP contribution in [0.5, 0.6) is 0 Å².